The molecule has 1 heterocycles. The Bertz CT molecular complexity index is 584. The zero-order valence-electron chi connectivity index (χ0n) is 10.1. The maximum absolute atomic E-state index is 12.5. The van der Waals surface area contributed by atoms with Gasteiger partial charge in [-0.05, 0) is 37.8 Å². The minimum Gasteiger partial charge on any atom is -0.356 e. The van der Waals surface area contributed by atoms with Gasteiger partial charge in [0.05, 0.1) is 11.3 Å². The molecule has 0 amide bonds. The van der Waals surface area contributed by atoms with E-state index in [0.29, 0.717) is 11.3 Å². The van der Waals surface area contributed by atoms with Crippen LogP contribution in [0.5, 0.6) is 0 Å². The number of alkyl halides is 3. The Balaban J connectivity index is 1.97. The summed E-state index contributed by atoms with van der Waals surface area (Å²) in [6.07, 6.45) is -0.373. The van der Waals surface area contributed by atoms with Crippen LogP contribution in [0.1, 0.15) is 29.7 Å². The van der Waals surface area contributed by atoms with Crippen molar-refractivity contribution >= 4 is 0 Å². The summed E-state index contributed by atoms with van der Waals surface area (Å²) in [5.41, 5.74) is 2.00. The quantitative estimate of drug-likeness (QED) is 0.772. The van der Waals surface area contributed by atoms with E-state index >= 15 is 0 Å². The second kappa shape index (κ2) is 4.40. The molecule has 5 heteroatoms. The lowest BCUT2D eigenvalue weighted by molar-refractivity contribution is -0.137. The van der Waals surface area contributed by atoms with Gasteiger partial charge in [-0.2, -0.15) is 13.2 Å². The molecule has 0 atom stereocenters. The number of aromatic nitrogens is 1. The van der Waals surface area contributed by atoms with Crippen LogP contribution in [-0.2, 0) is 19.0 Å². The van der Waals surface area contributed by atoms with Crippen LogP contribution in [0.15, 0.2) is 28.8 Å². The van der Waals surface area contributed by atoms with Gasteiger partial charge in [-0.15, -0.1) is 0 Å². The van der Waals surface area contributed by atoms with Crippen molar-refractivity contribution in [2.24, 2.45) is 0 Å². The number of hydrogen-bond donors (Lipinski definition) is 0. The second-order valence-corrected chi connectivity index (χ2v) is 4.72. The first-order valence-corrected chi connectivity index (χ1v) is 6.21. The van der Waals surface area contributed by atoms with Gasteiger partial charge in [0.2, 0.25) is 0 Å². The fourth-order valence-electron chi connectivity index (χ4n) is 2.43. The number of rotatable bonds is 1. The summed E-state index contributed by atoms with van der Waals surface area (Å²) in [4.78, 5) is 0. The SMILES string of the molecule is FC(F)(F)c1ccc(-c2onc3c2CCCC3)cc1. The molecular formula is C14H12F3NO. The Kier molecular flexibility index (Phi) is 2.84. The monoisotopic (exact) mass is 267 g/mol. The van der Waals surface area contributed by atoms with Gasteiger partial charge in [0.1, 0.15) is 0 Å². The molecule has 0 aliphatic heterocycles. The molecule has 1 aromatic carbocycles. The Labute approximate surface area is 108 Å². The highest BCUT2D eigenvalue weighted by atomic mass is 19.4. The molecule has 0 bridgehead atoms. The molecule has 0 radical (unpaired) electrons. The standard InChI is InChI=1S/C14H12F3NO/c15-14(16,17)10-7-5-9(6-8-10)13-11-3-1-2-4-12(11)18-19-13/h5-8H,1-4H2. The lowest BCUT2D eigenvalue weighted by atomic mass is 9.94. The molecule has 0 N–H and O–H groups in total. The summed E-state index contributed by atoms with van der Waals surface area (Å²) in [6.45, 7) is 0. The third kappa shape index (κ3) is 2.25. The smallest absolute Gasteiger partial charge is 0.356 e. The van der Waals surface area contributed by atoms with Crippen molar-refractivity contribution in [3.63, 3.8) is 0 Å². The predicted octanol–water partition coefficient (Wildman–Crippen LogP) is 4.24. The van der Waals surface area contributed by atoms with Crippen molar-refractivity contribution in [1.29, 1.82) is 0 Å². The third-order valence-corrected chi connectivity index (χ3v) is 3.43. The third-order valence-electron chi connectivity index (χ3n) is 3.43. The number of benzene rings is 1. The van der Waals surface area contributed by atoms with E-state index in [2.05, 4.69) is 5.16 Å². The number of aryl methyl sites for hydroxylation is 1. The minimum atomic E-state index is -4.31. The van der Waals surface area contributed by atoms with Crippen LogP contribution in [0.25, 0.3) is 11.3 Å². The summed E-state index contributed by atoms with van der Waals surface area (Å²) in [5, 5.41) is 4.01. The summed E-state index contributed by atoms with van der Waals surface area (Å²) < 4.78 is 42.8. The summed E-state index contributed by atoms with van der Waals surface area (Å²) in [7, 11) is 0. The highest BCUT2D eigenvalue weighted by Crippen LogP contribution is 2.34. The molecule has 1 aliphatic rings. The van der Waals surface area contributed by atoms with Crippen molar-refractivity contribution in [3.05, 3.63) is 41.1 Å². The van der Waals surface area contributed by atoms with E-state index in [9.17, 15) is 13.2 Å². The van der Waals surface area contributed by atoms with E-state index in [1.807, 2.05) is 0 Å². The van der Waals surface area contributed by atoms with Crippen LogP contribution in [0.2, 0.25) is 0 Å². The lowest BCUT2D eigenvalue weighted by Gasteiger charge is -2.10. The number of nitrogens with zero attached hydrogens (tertiary/aromatic N) is 1. The molecule has 0 saturated heterocycles. The average molecular weight is 267 g/mol. The average Bonchev–Trinajstić information content (AvgIpc) is 2.82. The first-order chi connectivity index (χ1) is 9.05. The van der Waals surface area contributed by atoms with Crippen LogP contribution >= 0.6 is 0 Å². The van der Waals surface area contributed by atoms with Crippen molar-refractivity contribution < 1.29 is 17.7 Å². The largest absolute Gasteiger partial charge is 0.416 e. The Hall–Kier alpha value is -1.78. The molecule has 1 aliphatic carbocycles. The van der Waals surface area contributed by atoms with Crippen molar-refractivity contribution in [2.75, 3.05) is 0 Å². The first-order valence-electron chi connectivity index (χ1n) is 6.21. The number of halogens is 3. The van der Waals surface area contributed by atoms with Gasteiger partial charge in [-0.3, -0.25) is 0 Å². The van der Waals surface area contributed by atoms with Gasteiger partial charge < -0.3 is 4.52 Å². The Morgan fingerprint density at radius 1 is 1.00 bits per heavy atom. The maximum atomic E-state index is 12.5. The highest BCUT2D eigenvalue weighted by Gasteiger charge is 2.30. The Morgan fingerprint density at radius 2 is 1.68 bits per heavy atom. The molecule has 2 nitrogen and oxygen atoms in total. The van der Waals surface area contributed by atoms with Gasteiger partial charge >= 0.3 is 6.18 Å². The van der Waals surface area contributed by atoms with Crippen LogP contribution < -0.4 is 0 Å². The van der Waals surface area contributed by atoms with E-state index < -0.39 is 11.7 Å². The normalized spacial score (nSPS) is 15.3. The summed E-state index contributed by atoms with van der Waals surface area (Å²) >= 11 is 0. The van der Waals surface area contributed by atoms with Crippen molar-refractivity contribution in [1.82, 2.24) is 5.16 Å². The fourth-order valence-corrected chi connectivity index (χ4v) is 2.43. The summed E-state index contributed by atoms with van der Waals surface area (Å²) in [6, 6.07) is 5.04. The van der Waals surface area contributed by atoms with Gasteiger partial charge in [0.25, 0.3) is 0 Å². The molecule has 100 valence electrons. The van der Waals surface area contributed by atoms with Crippen molar-refractivity contribution in [3.8, 4) is 11.3 Å². The molecule has 1 aromatic heterocycles. The van der Waals surface area contributed by atoms with Crippen LogP contribution in [0.3, 0.4) is 0 Å². The van der Waals surface area contributed by atoms with E-state index in [-0.39, 0.29) is 0 Å². The second-order valence-electron chi connectivity index (χ2n) is 4.72. The van der Waals surface area contributed by atoms with Crippen LogP contribution in [-0.4, -0.2) is 5.16 Å². The topological polar surface area (TPSA) is 26.0 Å². The zero-order valence-corrected chi connectivity index (χ0v) is 10.1. The van der Waals surface area contributed by atoms with Crippen LogP contribution in [0, 0.1) is 0 Å². The lowest BCUT2D eigenvalue weighted by Crippen LogP contribution is -2.04. The molecule has 19 heavy (non-hydrogen) atoms. The fraction of sp³-hybridized carbons (Fsp3) is 0.357. The van der Waals surface area contributed by atoms with E-state index in [0.717, 1.165) is 49.1 Å². The minimum absolute atomic E-state index is 0.614. The number of fused-ring (bicyclic) bond motifs is 1. The molecule has 0 spiro atoms. The van der Waals surface area contributed by atoms with E-state index in [4.69, 9.17) is 4.52 Å². The maximum Gasteiger partial charge on any atom is 0.416 e. The number of hydrogen-bond acceptors (Lipinski definition) is 2. The highest BCUT2D eigenvalue weighted by molar-refractivity contribution is 5.62. The molecule has 0 saturated carbocycles. The Morgan fingerprint density at radius 3 is 2.37 bits per heavy atom. The summed E-state index contributed by atoms with van der Waals surface area (Å²) in [5.74, 6) is 0.614. The molecule has 2 aromatic rings. The molecule has 3 rings (SSSR count). The van der Waals surface area contributed by atoms with E-state index in [1.165, 1.54) is 12.1 Å². The van der Waals surface area contributed by atoms with Crippen LogP contribution in [0.4, 0.5) is 13.2 Å². The molecule has 0 unspecified atom stereocenters. The molecular weight excluding hydrogens is 255 g/mol. The van der Waals surface area contributed by atoms with E-state index in [1.54, 1.807) is 0 Å². The van der Waals surface area contributed by atoms with Gasteiger partial charge in [0, 0.05) is 11.1 Å². The van der Waals surface area contributed by atoms with Gasteiger partial charge in [-0.1, -0.05) is 17.3 Å². The zero-order chi connectivity index (χ0) is 13.5. The molecule has 0 fully saturated rings. The van der Waals surface area contributed by atoms with Gasteiger partial charge in [0.15, 0.2) is 5.76 Å². The van der Waals surface area contributed by atoms with Crippen molar-refractivity contribution in [2.45, 2.75) is 31.9 Å². The van der Waals surface area contributed by atoms with Gasteiger partial charge in [-0.25, -0.2) is 0 Å². The predicted molar refractivity (Wildman–Crippen MR) is 63.6 cm³/mol. The first kappa shape index (κ1) is 12.3.